The molecular formula is C5H6ClFN2. The summed E-state index contributed by atoms with van der Waals surface area (Å²) >= 11 is 5.44. The van der Waals surface area contributed by atoms with Crippen molar-refractivity contribution in [3.63, 3.8) is 0 Å². The standard InChI is InChI=1S/C5H6ClFN2/c6-5-3-9(2-1-7)4-8-5/h3-4H,1-2H2. The molecule has 4 heteroatoms. The molecule has 0 bridgehead atoms. The van der Waals surface area contributed by atoms with Gasteiger partial charge in [-0.05, 0) is 0 Å². The summed E-state index contributed by atoms with van der Waals surface area (Å²) in [5, 5.41) is 0.406. The average Bonchev–Trinajstić information content (AvgIpc) is 2.17. The smallest absolute Gasteiger partial charge is 0.146 e. The van der Waals surface area contributed by atoms with Gasteiger partial charge in [0.1, 0.15) is 11.8 Å². The SMILES string of the molecule is FCCn1cnc(Cl)c1. The van der Waals surface area contributed by atoms with E-state index in [4.69, 9.17) is 11.6 Å². The van der Waals surface area contributed by atoms with E-state index in [2.05, 4.69) is 4.98 Å². The first-order valence-electron chi connectivity index (χ1n) is 2.56. The lowest BCUT2D eigenvalue weighted by Gasteiger charge is -1.91. The molecule has 2 nitrogen and oxygen atoms in total. The van der Waals surface area contributed by atoms with Gasteiger partial charge in [-0.1, -0.05) is 11.6 Å². The van der Waals surface area contributed by atoms with E-state index >= 15 is 0 Å². The second kappa shape index (κ2) is 2.82. The van der Waals surface area contributed by atoms with Crippen molar-refractivity contribution < 1.29 is 4.39 Å². The van der Waals surface area contributed by atoms with E-state index in [1.165, 1.54) is 6.33 Å². The van der Waals surface area contributed by atoms with Crippen molar-refractivity contribution in [3.8, 4) is 0 Å². The maximum absolute atomic E-state index is 11.6. The highest BCUT2D eigenvalue weighted by molar-refractivity contribution is 6.29. The molecule has 0 spiro atoms. The van der Waals surface area contributed by atoms with Crippen LogP contribution in [-0.4, -0.2) is 16.2 Å². The van der Waals surface area contributed by atoms with Crippen LogP contribution >= 0.6 is 11.6 Å². The van der Waals surface area contributed by atoms with Gasteiger partial charge in [0.05, 0.1) is 12.9 Å². The number of hydrogen-bond acceptors (Lipinski definition) is 1. The van der Waals surface area contributed by atoms with E-state index in [0.717, 1.165) is 0 Å². The van der Waals surface area contributed by atoms with Gasteiger partial charge in [-0.25, -0.2) is 9.37 Å². The van der Waals surface area contributed by atoms with E-state index < -0.39 is 0 Å². The highest BCUT2D eigenvalue weighted by Gasteiger charge is 1.91. The Bertz CT molecular complexity index is 187. The summed E-state index contributed by atoms with van der Waals surface area (Å²) in [5.41, 5.74) is 0. The maximum Gasteiger partial charge on any atom is 0.146 e. The third-order valence-electron chi connectivity index (χ3n) is 0.944. The van der Waals surface area contributed by atoms with Crippen LogP contribution in [0.5, 0.6) is 0 Å². The van der Waals surface area contributed by atoms with E-state index in [1.54, 1.807) is 10.8 Å². The molecule has 1 rings (SSSR count). The molecule has 0 aliphatic rings. The average molecular weight is 149 g/mol. The summed E-state index contributed by atoms with van der Waals surface area (Å²) in [7, 11) is 0. The van der Waals surface area contributed by atoms with Gasteiger partial charge in [-0.3, -0.25) is 0 Å². The summed E-state index contributed by atoms with van der Waals surface area (Å²) in [4.78, 5) is 3.70. The maximum atomic E-state index is 11.6. The zero-order valence-electron chi connectivity index (χ0n) is 4.72. The molecule has 0 amide bonds. The lowest BCUT2D eigenvalue weighted by Crippen LogP contribution is -1.94. The summed E-state index contributed by atoms with van der Waals surface area (Å²) in [6.45, 7) is -0.0492. The Morgan fingerprint density at radius 3 is 3.00 bits per heavy atom. The largest absolute Gasteiger partial charge is 0.333 e. The molecule has 1 aromatic rings. The molecule has 0 aliphatic heterocycles. The van der Waals surface area contributed by atoms with Gasteiger partial charge in [0.15, 0.2) is 0 Å². The number of aryl methyl sites for hydroxylation is 1. The van der Waals surface area contributed by atoms with Crippen LogP contribution in [0.15, 0.2) is 12.5 Å². The van der Waals surface area contributed by atoms with Crippen LogP contribution in [0.3, 0.4) is 0 Å². The molecule has 0 unspecified atom stereocenters. The Hall–Kier alpha value is -0.570. The van der Waals surface area contributed by atoms with Crippen LogP contribution in [0.1, 0.15) is 0 Å². The molecule has 0 aliphatic carbocycles. The number of halogens is 2. The lowest BCUT2D eigenvalue weighted by atomic mass is 10.7. The Kier molecular flexibility index (Phi) is 2.05. The lowest BCUT2D eigenvalue weighted by molar-refractivity contribution is 0.445. The number of alkyl halides is 1. The predicted octanol–water partition coefficient (Wildman–Crippen LogP) is 1.51. The molecule has 0 saturated carbocycles. The first-order chi connectivity index (χ1) is 4.33. The fourth-order valence-electron chi connectivity index (χ4n) is 0.553. The van der Waals surface area contributed by atoms with Crippen molar-refractivity contribution >= 4 is 11.6 Å². The van der Waals surface area contributed by atoms with Gasteiger partial charge in [0.25, 0.3) is 0 Å². The number of nitrogens with zero attached hydrogens (tertiary/aromatic N) is 2. The molecule has 0 saturated heterocycles. The highest BCUT2D eigenvalue weighted by atomic mass is 35.5. The van der Waals surface area contributed by atoms with Gasteiger partial charge in [-0.15, -0.1) is 0 Å². The van der Waals surface area contributed by atoms with Crippen molar-refractivity contribution in [1.29, 1.82) is 0 Å². The summed E-state index contributed by atoms with van der Waals surface area (Å²) in [5.74, 6) is 0. The molecule has 0 radical (unpaired) electrons. The van der Waals surface area contributed by atoms with E-state index in [0.29, 0.717) is 11.7 Å². The minimum Gasteiger partial charge on any atom is -0.333 e. The second-order valence-electron chi connectivity index (χ2n) is 1.62. The minimum atomic E-state index is -0.382. The van der Waals surface area contributed by atoms with Crippen LogP contribution in [0, 0.1) is 0 Å². The molecule has 0 fully saturated rings. The van der Waals surface area contributed by atoms with Crippen LogP contribution in [0.2, 0.25) is 5.15 Å². The Labute approximate surface area is 57.3 Å². The fourth-order valence-corrected chi connectivity index (χ4v) is 0.722. The quantitative estimate of drug-likeness (QED) is 0.622. The Morgan fingerprint density at radius 2 is 2.56 bits per heavy atom. The molecule has 0 aromatic carbocycles. The third kappa shape index (κ3) is 1.68. The van der Waals surface area contributed by atoms with Gasteiger partial charge in [0, 0.05) is 6.20 Å². The normalized spacial score (nSPS) is 10.0. The topological polar surface area (TPSA) is 17.8 Å². The Morgan fingerprint density at radius 1 is 1.78 bits per heavy atom. The van der Waals surface area contributed by atoms with Crippen molar-refractivity contribution in [2.45, 2.75) is 6.54 Å². The van der Waals surface area contributed by atoms with E-state index in [9.17, 15) is 4.39 Å². The summed E-state index contributed by atoms with van der Waals surface area (Å²) < 4.78 is 13.2. The number of rotatable bonds is 2. The number of imidazole rings is 1. The first-order valence-corrected chi connectivity index (χ1v) is 2.94. The van der Waals surface area contributed by atoms with Crippen molar-refractivity contribution in [1.82, 2.24) is 9.55 Å². The minimum absolute atomic E-state index is 0.333. The molecule has 0 atom stereocenters. The zero-order chi connectivity index (χ0) is 6.69. The highest BCUT2D eigenvalue weighted by Crippen LogP contribution is 2.01. The van der Waals surface area contributed by atoms with Gasteiger partial charge in [-0.2, -0.15) is 0 Å². The van der Waals surface area contributed by atoms with Crippen LogP contribution in [0.25, 0.3) is 0 Å². The first kappa shape index (κ1) is 6.55. The molecule has 1 heterocycles. The summed E-state index contributed by atoms with van der Waals surface area (Å²) in [6, 6.07) is 0. The zero-order valence-corrected chi connectivity index (χ0v) is 5.48. The summed E-state index contributed by atoms with van der Waals surface area (Å²) in [6.07, 6.45) is 3.09. The van der Waals surface area contributed by atoms with Crippen molar-refractivity contribution in [2.24, 2.45) is 0 Å². The molecule has 1 aromatic heterocycles. The number of hydrogen-bond donors (Lipinski definition) is 0. The van der Waals surface area contributed by atoms with Gasteiger partial charge < -0.3 is 4.57 Å². The van der Waals surface area contributed by atoms with Gasteiger partial charge >= 0.3 is 0 Å². The van der Waals surface area contributed by atoms with Crippen molar-refractivity contribution in [2.75, 3.05) is 6.67 Å². The molecule has 0 N–H and O–H groups in total. The van der Waals surface area contributed by atoms with Crippen LogP contribution in [-0.2, 0) is 6.54 Å². The third-order valence-corrected chi connectivity index (χ3v) is 1.14. The van der Waals surface area contributed by atoms with E-state index in [1.807, 2.05) is 0 Å². The fraction of sp³-hybridized carbons (Fsp3) is 0.400. The monoisotopic (exact) mass is 148 g/mol. The van der Waals surface area contributed by atoms with Crippen molar-refractivity contribution in [3.05, 3.63) is 17.7 Å². The molecule has 9 heavy (non-hydrogen) atoms. The predicted molar refractivity (Wildman–Crippen MR) is 33.2 cm³/mol. The van der Waals surface area contributed by atoms with Gasteiger partial charge in [0.2, 0.25) is 0 Å². The number of aromatic nitrogens is 2. The molecule has 50 valence electrons. The second-order valence-corrected chi connectivity index (χ2v) is 2.01. The van der Waals surface area contributed by atoms with Crippen LogP contribution in [0.4, 0.5) is 4.39 Å². The van der Waals surface area contributed by atoms with Crippen LogP contribution < -0.4 is 0 Å². The Balaban J connectivity index is 2.61. The van der Waals surface area contributed by atoms with E-state index in [-0.39, 0.29) is 6.67 Å². The molecular weight excluding hydrogens is 143 g/mol.